The van der Waals surface area contributed by atoms with Crippen LogP contribution in [0.2, 0.25) is 0 Å². The topological polar surface area (TPSA) is 105 Å². The van der Waals surface area contributed by atoms with E-state index in [9.17, 15) is 14.9 Å². The number of carboxylic acid groups (broad SMARTS) is 1. The summed E-state index contributed by atoms with van der Waals surface area (Å²) in [5, 5.41) is 22.2. The van der Waals surface area contributed by atoms with Gasteiger partial charge in [-0.15, -0.1) is 0 Å². The molecule has 2 N–H and O–H groups in total. The van der Waals surface area contributed by atoms with Crippen molar-refractivity contribution in [1.82, 2.24) is 4.98 Å². The number of carboxylic acids is 1. The molecular weight excluding hydrogens is 238 g/mol. The second kappa shape index (κ2) is 5.95. The first kappa shape index (κ1) is 13.9. The molecule has 1 unspecified atom stereocenters. The molecule has 18 heavy (non-hydrogen) atoms. The van der Waals surface area contributed by atoms with Crippen molar-refractivity contribution in [2.75, 3.05) is 5.32 Å². The number of hydrogen-bond donors (Lipinski definition) is 2. The summed E-state index contributed by atoms with van der Waals surface area (Å²) in [6.45, 7) is 3.49. The van der Waals surface area contributed by atoms with Gasteiger partial charge in [-0.2, -0.15) is 0 Å². The summed E-state index contributed by atoms with van der Waals surface area (Å²) in [7, 11) is 0. The van der Waals surface area contributed by atoms with Gasteiger partial charge in [-0.05, 0) is 26.3 Å². The summed E-state index contributed by atoms with van der Waals surface area (Å²) in [4.78, 5) is 24.8. The van der Waals surface area contributed by atoms with E-state index in [0.717, 1.165) is 0 Å². The highest BCUT2D eigenvalue weighted by Gasteiger charge is 2.17. The SMILES string of the molecule is Cc1ccc([N+](=O)[O-])c(NC(C)CCC(=O)O)n1. The van der Waals surface area contributed by atoms with E-state index in [4.69, 9.17) is 5.11 Å². The Kier molecular flexibility index (Phi) is 4.59. The number of nitro groups is 1. The minimum atomic E-state index is -0.893. The van der Waals surface area contributed by atoms with Crippen LogP contribution in [0.25, 0.3) is 0 Å². The first-order chi connectivity index (χ1) is 8.40. The number of rotatable bonds is 6. The summed E-state index contributed by atoms with van der Waals surface area (Å²) in [5.41, 5.74) is 0.552. The zero-order chi connectivity index (χ0) is 13.7. The number of anilines is 1. The molecule has 7 nitrogen and oxygen atoms in total. The van der Waals surface area contributed by atoms with Crippen LogP contribution in [-0.2, 0) is 4.79 Å². The molecule has 1 atom stereocenters. The van der Waals surface area contributed by atoms with Crippen molar-refractivity contribution in [3.05, 3.63) is 27.9 Å². The summed E-state index contributed by atoms with van der Waals surface area (Å²) < 4.78 is 0. The van der Waals surface area contributed by atoms with E-state index in [0.29, 0.717) is 12.1 Å². The fraction of sp³-hybridized carbons (Fsp3) is 0.455. The third kappa shape index (κ3) is 4.00. The van der Waals surface area contributed by atoms with Gasteiger partial charge in [-0.1, -0.05) is 0 Å². The lowest BCUT2D eigenvalue weighted by atomic mass is 10.2. The maximum atomic E-state index is 10.8. The Balaban J connectivity index is 2.79. The van der Waals surface area contributed by atoms with Gasteiger partial charge in [0.1, 0.15) is 0 Å². The molecule has 1 aromatic rings. The maximum Gasteiger partial charge on any atom is 0.311 e. The summed E-state index contributed by atoms with van der Waals surface area (Å²) >= 11 is 0. The minimum Gasteiger partial charge on any atom is -0.481 e. The molecule has 1 heterocycles. The van der Waals surface area contributed by atoms with Crippen molar-refractivity contribution < 1.29 is 14.8 Å². The second-order valence-corrected chi connectivity index (χ2v) is 4.06. The average molecular weight is 253 g/mol. The number of nitrogens with one attached hydrogen (secondary N) is 1. The monoisotopic (exact) mass is 253 g/mol. The molecule has 98 valence electrons. The number of nitrogens with zero attached hydrogens (tertiary/aromatic N) is 2. The van der Waals surface area contributed by atoms with Crippen molar-refractivity contribution in [2.24, 2.45) is 0 Å². The first-order valence-corrected chi connectivity index (χ1v) is 5.50. The molecule has 1 aromatic heterocycles. The molecule has 0 fully saturated rings. The van der Waals surface area contributed by atoms with E-state index >= 15 is 0 Å². The lowest BCUT2D eigenvalue weighted by Crippen LogP contribution is -2.18. The summed E-state index contributed by atoms with van der Waals surface area (Å²) in [6, 6.07) is 2.74. The largest absolute Gasteiger partial charge is 0.481 e. The van der Waals surface area contributed by atoms with Crippen LogP contribution in [0.15, 0.2) is 12.1 Å². The van der Waals surface area contributed by atoms with Crippen molar-refractivity contribution in [1.29, 1.82) is 0 Å². The number of aromatic nitrogens is 1. The van der Waals surface area contributed by atoms with Crippen LogP contribution >= 0.6 is 0 Å². The zero-order valence-corrected chi connectivity index (χ0v) is 10.2. The van der Waals surface area contributed by atoms with Crippen LogP contribution in [0.5, 0.6) is 0 Å². The third-order valence-electron chi connectivity index (χ3n) is 2.38. The van der Waals surface area contributed by atoms with Crippen molar-refractivity contribution in [2.45, 2.75) is 32.7 Å². The predicted octanol–water partition coefficient (Wildman–Crippen LogP) is 1.96. The smallest absolute Gasteiger partial charge is 0.311 e. The summed E-state index contributed by atoms with van der Waals surface area (Å²) in [5.74, 6) is -0.715. The highest BCUT2D eigenvalue weighted by atomic mass is 16.6. The van der Waals surface area contributed by atoms with Gasteiger partial charge in [0.05, 0.1) is 4.92 Å². The van der Waals surface area contributed by atoms with Crippen molar-refractivity contribution >= 4 is 17.5 Å². The Morgan fingerprint density at radius 2 is 2.28 bits per heavy atom. The number of aliphatic carboxylic acids is 1. The van der Waals surface area contributed by atoms with Crippen LogP contribution in [0.4, 0.5) is 11.5 Å². The first-order valence-electron chi connectivity index (χ1n) is 5.50. The Bertz CT molecular complexity index is 462. The lowest BCUT2D eigenvalue weighted by molar-refractivity contribution is -0.384. The number of aryl methyl sites for hydroxylation is 1. The standard InChI is InChI=1S/C11H15N3O4/c1-7-3-5-9(14(17)18)11(12-7)13-8(2)4-6-10(15)16/h3,5,8H,4,6H2,1-2H3,(H,12,13)(H,15,16). The fourth-order valence-electron chi connectivity index (χ4n) is 1.45. The van der Waals surface area contributed by atoms with Gasteiger partial charge in [-0.25, -0.2) is 4.98 Å². The highest BCUT2D eigenvalue weighted by Crippen LogP contribution is 2.23. The van der Waals surface area contributed by atoms with Crippen molar-refractivity contribution in [3.63, 3.8) is 0 Å². The Morgan fingerprint density at radius 3 is 2.83 bits per heavy atom. The average Bonchev–Trinajstić information content (AvgIpc) is 2.26. The Labute approximate surface area is 104 Å². The van der Waals surface area contributed by atoms with Gasteiger partial charge in [-0.3, -0.25) is 14.9 Å². The summed E-state index contributed by atoms with van der Waals surface area (Å²) in [6.07, 6.45) is 0.385. The van der Waals surface area contributed by atoms with E-state index < -0.39 is 10.9 Å². The maximum absolute atomic E-state index is 10.8. The molecular formula is C11H15N3O4. The lowest BCUT2D eigenvalue weighted by Gasteiger charge is -2.13. The highest BCUT2D eigenvalue weighted by molar-refractivity contribution is 5.66. The number of carbonyl (C=O) groups is 1. The van der Waals surface area contributed by atoms with Crippen LogP contribution in [-0.4, -0.2) is 27.0 Å². The van der Waals surface area contributed by atoms with E-state index in [1.165, 1.54) is 6.07 Å². The van der Waals surface area contributed by atoms with E-state index in [1.807, 2.05) is 0 Å². The predicted molar refractivity (Wildman–Crippen MR) is 65.6 cm³/mol. The Hall–Kier alpha value is -2.18. The molecule has 0 spiro atoms. The van der Waals surface area contributed by atoms with Gasteiger partial charge < -0.3 is 10.4 Å². The molecule has 0 aliphatic rings. The van der Waals surface area contributed by atoms with E-state index in [1.54, 1.807) is 19.9 Å². The molecule has 1 rings (SSSR count). The van der Waals surface area contributed by atoms with Crippen LogP contribution in [0.1, 0.15) is 25.5 Å². The quantitative estimate of drug-likeness (QED) is 0.593. The minimum absolute atomic E-state index is 0.00772. The van der Waals surface area contributed by atoms with Gasteiger partial charge in [0, 0.05) is 24.2 Å². The third-order valence-corrected chi connectivity index (χ3v) is 2.38. The number of pyridine rings is 1. The molecule has 0 saturated heterocycles. The van der Waals surface area contributed by atoms with E-state index in [-0.39, 0.29) is 24.0 Å². The molecule has 0 aliphatic carbocycles. The molecule has 0 radical (unpaired) electrons. The fourth-order valence-corrected chi connectivity index (χ4v) is 1.45. The molecule has 0 aliphatic heterocycles. The second-order valence-electron chi connectivity index (χ2n) is 4.06. The van der Waals surface area contributed by atoms with Gasteiger partial charge in [0.15, 0.2) is 0 Å². The van der Waals surface area contributed by atoms with Crippen molar-refractivity contribution in [3.8, 4) is 0 Å². The van der Waals surface area contributed by atoms with Crippen LogP contribution < -0.4 is 5.32 Å². The molecule has 0 amide bonds. The normalized spacial score (nSPS) is 11.9. The molecule has 0 aromatic carbocycles. The Morgan fingerprint density at radius 1 is 1.61 bits per heavy atom. The zero-order valence-electron chi connectivity index (χ0n) is 10.2. The van der Waals surface area contributed by atoms with Crippen LogP contribution in [0, 0.1) is 17.0 Å². The van der Waals surface area contributed by atoms with Gasteiger partial charge in [0.25, 0.3) is 0 Å². The van der Waals surface area contributed by atoms with Gasteiger partial charge in [0.2, 0.25) is 5.82 Å². The molecule has 0 bridgehead atoms. The van der Waals surface area contributed by atoms with Crippen LogP contribution in [0.3, 0.4) is 0 Å². The molecule has 0 saturated carbocycles. The van der Waals surface area contributed by atoms with Gasteiger partial charge >= 0.3 is 11.7 Å². The molecule has 7 heteroatoms. The number of hydrogen-bond acceptors (Lipinski definition) is 5. The van der Waals surface area contributed by atoms with E-state index in [2.05, 4.69) is 10.3 Å².